The second-order valence-corrected chi connectivity index (χ2v) is 6.95. The minimum absolute atomic E-state index is 0.127. The number of carbonyl (C=O) groups excluding carboxylic acids is 1. The van der Waals surface area contributed by atoms with Gasteiger partial charge >= 0.3 is 0 Å². The minimum Gasteiger partial charge on any atom is -0.335 e. The number of rotatable bonds is 2. The Morgan fingerprint density at radius 1 is 1.07 bits per heavy atom. The summed E-state index contributed by atoms with van der Waals surface area (Å²) in [5.41, 5.74) is 5.18. The number of hydrogen-bond donors (Lipinski definition) is 1. The molecule has 1 amide bonds. The van der Waals surface area contributed by atoms with Crippen LogP contribution in [0.2, 0.25) is 0 Å². The highest BCUT2D eigenvalue weighted by molar-refractivity contribution is 5.91. The van der Waals surface area contributed by atoms with Crippen molar-refractivity contribution in [2.45, 2.75) is 19.8 Å². The number of H-pyrrole nitrogens is 1. The molecule has 8 heteroatoms. The lowest BCUT2D eigenvalue weighted by atomic mass is 10.0. The maximum atomic E-state index is 13.1. The zero-order valence-corrected chi connectivity index (χ0v) is 15.5. The van der Waals surface area contributed by atoms with Crippen LogP contribution in [0.15, 0.2) is 42.6 Å². The van der Waals surface area contributed by atoms with Crippen molar-refractivity contribution < 1.29 is 4.79 Å². The standard InChI is InChI=1S/C20H19N7O/c1-13-7-12-27-18(24-25-20(27)21-13)19(28)26-10-8-15-16(9-11-26)22-23-17(15)14-5-3-2-4-6-14/h2-7,12H,8-11H2,1H3,(H,22,23). The van der Waals surface area contributed by atoms with E-state index in [0.717, 1.165) is 35.5 Å². The summed E-state index contributed by atoms with van der Waals surface area (Å²) in [5, 5.41) is 15.8. The number of benzene rings is 1. The maximum Gasteiger partial charge on any atom is 0.292 e. The van der Waals surface area contributed by atoms with Crippen LogP contribution in [-0.4, -0.2) is 53.7 Å². The highest BCUT2D eigenvalue weighted by atomic mass is 16.2. The van der Waals surface area contributed by atoms with Crippen LogP contribution < -0.4 is 0 Å². The Hall–Kier alpha value is -3.55. The van der Waals surface area contributed by atoms with Gasteiger partial charge in [-0.2, -0.15) is 5.10 Å². The molecule has 0 aliphatic carbocycles. The molecule has 0 fully saturated rings. The molecule has 0 saturated carbocycles. The summed E-state index contributed by atoms with van der Waals surface area (Å²) in [7, 11) is 0. The molecule has 8 nitrogen and oxygen atoms in total. The molecule has 4 heterocycles. The highest BCUT2D eigenvalue weighted by Gasteiger charge is 2.26. The molecule has 0 bridgehead atoms. The van der Waals surface area contributed by atoms with Gasteiger partial charge < -0.3 is 4.90 Å². The van der Waals surface area contributed by atoms with Crippen LogP contribution in [0.4, 0.5) is 0 Å². The van der Waals surface area contributed by atoms with Gasteiger partial charge in [-0.05, 0) is 19.4 Å². The first-order valence-corrected chi connectivity index (χ1v) is 9.30. The molecule has 5 rings (SSSR count). The molecule has 1 aliphatic rings. The molecule has 4 aromatic rings. The van der Waals surface area contributed by atoms with E-state index in [-0.39, 0.29) is 5.91 Å². The molecule has 28 heavy (non-hydrogen) atoms. The first-order chi connectivity index (χ1) is 13.7. The average molecular weight is 373 g/mol. The fourth-order valence-electron chi connectivity index (χ4n) is 3.68. The normalized spacial score (nSPS) is 14.1. The number of aromatic nitrogens is 6. The van der Waals surface area contributed by atoms with Crippen molar-refractivity contribution in [3.8, 4) is 11.3 Å². The third-order valence-electron chi connectivity index (χ3n) is 5.16. The van der Waals surface area contributed by atoms with E-state index in [2.05, 4.69) is 37.5 Å². The van der Waals surface area contributed by atoms with Crippen LogP contribution in [0.3, 0.4) is 0 Å². The number of aromatic amines is 1. The summed E-state index contributed by atoms with van der Waals surface area (Å²) in [6.07, 6.45) is 3.27. The Labute approximate surface area is 161 Å². The number of aryl methyl sites for hydroxylation is 1. The largest absolute Gasteiger partial charge is 0.335 e. The summed E-state index contributed by atoms with van der Waals surface area (Å²) in [5.74, 6) is 0.617. The minimum atomic E-state index is -0.127. The smallest absolute Gasteiger partial charge is 0.292 e. The SMILES string of the molecule is Cc1ccn2c(C(=O)N3CCc4[nH]nc(-c5ccccc5)c4CC3)nnc2n1. The van der Waals surface area contributed by atoms with Gasteiger partial charge in [0.05, 0.1) is 5.69 Å². The summed E-state index contributed by atoms with van der Waals surface area (Å²) >= 11 is 0. The topological polar surface area (TPSA) is 92.1 Å². The molecule has 1 aliphatic heterocycles. The van der Waals surface area contributed by atoms with E-state index < -0.39 is 0 Å². The summed E-state index contributed by atoms with van der Waals surface area (Å²) in [6, 6.07) is 12.0. The third-order valence-corrected chi connectivity index (χ3v) is 5.16. The fraction of sp³-hybridized carbons (Fsp3) is 0.250. The molecule has 1 aromatic carbocycles. The van der Waals surface area contributed by atoms with E-state index >= 15 is 0 Å². The Kier molecular flexibility index (Phi) is 3.89. The summed E-state index contributed by atoms with van der Waals surface area (Å²) in [6.45, 7) is 3.10. The van der Waals surface area contributed by atoms with Crippen LogP contribution in [-0.2, 0) is 12.8 Å². The van der Waals surface area contributed by atoms with Crippen molar-refractivity contribution in [2.24, 2.45) is 0 Å². The molecule has 0 radical (unpaired) electrons. The maximum absolute atomic E-state index is 13.1. The van der Waals surface area contributed by atoms with Crippen LogP contribution in [0.25, 0.3) is 17.0 Å². The molecule has 0 saturated heterocycles. The Morgan fingerprint density at radius 3 is 2.75 bits per heavy atom. The van der Waals surface area contributed by atoms with Crippen LogP contribution >= 0.6 is 0 Å². The second kappa shape index (κ2) is 6.56. The van der Waals surface area contributed by atoms with E-state index in [9.17, 15) is 4.79 Å². The first-order valence-electron chi connectivity index (χ1n) is 9.30. The molecular weight excluding hydrogens is 354 g/mol. The van der Waals surface area contributed by atoms with Gasteiger partial charge in [0.1, 0.15) is 0 Å². The van der Waals surface area contributed by atoms with Gasteiger partial charge in [-0.25, -0.2) is 4.98 Å². The van der Waals surface area contributed by atoms with Gasteiger partial charge in [0.2, 0.25) is 5.82 Å². The lowest BCUT2D eigenvalue weighted by molar-refractivity contribution is 0.0749. The van der Waals surface area contributed by atoms with Crippen LogP contribution in [0, 0.1) is 6.92 Å². The van der Waals surface area contributed by atoms with Crippen molar-refractivity contribution in [1.29, 1.82) is 0 Å². The van der Waals surface area contributed by atoms with E-state index in [1.807, 2.05) is 36.1 Å². The van der Waals surface area contributed by atoms with E-state index in [4.69, 9.17) is 0 Å². The van der Waals surface area contributed by atoms with E-state index in [1.54, 1.807) is 10.6 Å². The fourth-order valence-corrected chi connectivity index (χ4v) is 3.68. The summed E-state index contributed by atoms with van der Waals surface area (Å²) < 4.78 is 1.65. The number of hydrogen-bond acceptors (Lipinski definition) is 5. The van der Waals surface area contributed by atoms with E-state index in [0.29, 0.717) is 24.7 Å². The number of nitrogens with zero attached hydrogens (tertiary/aromatic N) is 6. The van der Waals surface area contributed by atoms with Gasteiger partial charge in [0.25, 0.3) is 11.7 Å². The van der Waals surface area contributed by atoms with Crippen molar-refractivity contribution in [3.05, 3.63) is 65.4 Å². The van der Waals surface area contributed by atoms with Crippen molar-refractivity contribution in [1.82, 2.24) is 34.7 Å². The van der Waals surface area contributed by atoms with Crippen molar-refractivity contribution >= 4 is 11.7 Å². The molecule has 1 N–H and O–H groups in total. The van der Waals surface area contributed by atoms with Crippen molar-refractivity contribution in [2.75, 3.05) is 13.1 Å². The number of carbonyl (C=O) groups is 1. The average Bonchev–Trinajstić information content (AvgIpc) is 3.26. The number of amides is 1. The molecule has 3 aromatic heterocycles. The number of nitrogens with one attached hydrogen (secondary N) is 1. The molecule has 0 atom stereocenters. The predicted octanol–water partition coefficient (Wildman–Crippen LogP) is 2.06. The molecule has 140 valence electrons. The zero-order valence-electron chi connectivity index (χ0n) is 15.5. The monoisotopic (exact) mass is 373 g/mol. The first kappa shape index (κ1) is 16.6. The molecule has 0 unspecified atom stereocenters. The quantitative estimate of drug-likeness (QED) is 0.581. The molecular formula is C20H19N7O. The van der Waals surface area contributed by atoms with Gasteiger partial charge in [0.15, 0.2) is 0 Å². The summed E-state index contributed by atoms with van der Waals surface area (Å²) in [4.78, 5) is 19.2. The zero-order chi connectivity index (χ0) is 19.1. The van der Waals surface area contributed by atoms with Crippen LogP contribution in [0.5, 0.6) is 0 Å². The van der Waals surface area contributed by atoms with Gasteiger partial charge in [0, 0.05) is 48.2 Å². The van der Waals surface area contributed by atoms with E-state index in [1.165, 1.54) is 5.56 Å². The van der Waals surface area contributed by atoms with Gasteiger partial charge in [-0.1, -0.05) is 30.3 Å². The lowest BCUT2D eigenvalue weighted by Gasteiger charge is -2.19. The lowest BCUT2D eigenvalue weighted by Crippen LogP contribution is -2.34. The third kappa shape index (κ3) is 2.74. The number of fused-ring (bicyclic) bond motifs is 2. The Morgan fingerprint density at radius 2 is 1.89 bits per heavy atom. The van der Waals surface area contributed by atoms with Crippen LogP contribution in [0.1, 0.15) is 27.6 Å². The van der Waals surface area contributed by atoms with Gasteiger partial charge in [-0.3, -0.25) is 14.3 Å². The predicted molar refractivity (Wildman–Crippen MR) is 103 cm³/mol. The van der Waals surface area contributed by atoms with Crippen molar-refractivity contribution in [3.63, 3.8) is 0 Å². The molecule has 0 spiro atoms. The van der Waals surface area contributed by atoms with Gasteiger partial charge in [-0.15, -0.1) is 10.2 Å². The Bertz CT molecular complexity index is 1160. The Balaban J connectivity index is 1.41. The highest BCUT2D eigenvalue weighted by Crippen LogP contribution is 2.26. The second-order valence-electron chi connectivity index (χ2n) is 6.95.